The smallest absolute Gasteiger partial charge is 0.195 e. The SMILES string of the molecule is CC(C)(C)Cc1nc2ccccc2o1. The second kappa shape index (κ2) is 3.12. The van der Waals surface area contributed by atoms with E-state index in [1.807, 2.05) is 24.3 Å². The Morgan fingerprint density at radius 2 is 1.93 bits per heavy atom. The van der Waals surface area contributed by atoms with Gasteiger partial charge in [-0.1, -0.05) is 32.9 Å². The first kappa shape index (κ1) is 9.25. The molecule has 74 valence electrons. The monoisotopic (exact) mass is 189 g/mol. The summed E-state index contributed by atoms with van der Waals surface area (Å²) in [6.45, 7) is 6.55. The standard InChI is InChI=1S/C12H15NO/c1-12(2,3)8-11-13-9-6-4-5-7-10(9)14-11/h4-7H,8H2,1-3H3. The molecule has 14 heavy (non-hydrogen) atoms. The van der Waals surface area contributed by atoms with Gasteiger partial charge in [-0.3, -0.25) is 0 Å². The van der Waals surface area contributed by atoms with E-state index >= 15 is 0 Å². The lowest BCUT2D eigenvalue weighted by atomic mass is 9.92. The van der Waals surface area contributed by atoms with Crippen molar-refractivity contribution in [1.82, 2.24) is 4.98 Å². The number of hydrogen-bond donors (Lipinski definition) is 0. The van der Waals surface area contributed by atoms with Crippen molar-refractivity contribution in [1.29, 1.82) is 0 Å². The number of para-hydroxylation sites is 2. The second-order valence-electron chi connectivity index (χ2n) is 4.81. The van der Waals surface area contributed by atoms with Crippen LogP contribution >= 0.6 is 0 Å². The van der Waals surface area contributed by atoms with Gasteiger partial charge in [0, 0.05) is 6.42 Å². The van der Waals surface area contributed by atoms with E-state index in [2.05, 4.69) is 25.8 Å². The third-order valence-corrected chi connectivity index (χ3v) is 2.02. The Bertz CT molecular complexity index is 404. The summed E-state index contributed by atoms with van der Waals surface area (Å²) in [6, 6.07) is 7.87. The number of aromatic nitrogens is 1. The molecular formula is C12H15NO. The molecule has 0 spiro atoms. The summed E-state index contributed by atoms with van der Waals surface area (Å²) in [5.41, 5.74) is 2.06. The van der Waals surface area contributed by atoms with Crippen molar-refractivity contribution in [3.05, 3.63) is 30.2 Å². The lowest BCUT2D eigenvalue weighted by Gasteiger charge is -2.14. The van der Waals surface area contributed by atoms with Crippen LogP contribution in [0.25, 0.3) is 11.1 Å². The second-order valence-corrected chi connectivity index (χ2v) is 4.81. The van der Waals surface area contributed by atoms with Crippen LogP contribution in [0.5, 0.6) is 0 Å². The molecule has 0 saturated carbocycles. The van der Waals surface area contributed by atoms with Crippen molar-refractivity contribution in [3.8, 4) is 0 Å². The highest BCUT2D eigenvalue weighted by Crippen LogP contribution is 2.23. The number of oxazole rings is 1. The summed E-state index contributed by atoms with van der Waals surface area (Å²) in [6.07, 6.45) is 0.877. The van der Waals surface area contributed by atoms with Crippen molar-refractivity contribution in [2.24, 2.45) is 5.41 Å². The fourth-order valence-electron chi connectivity index (χ4n) is 1.45. The van der Waals surface area contributed by atoms with Crippen LogP contribution in [0.15, 0.2) is 28.7 Å². The fourth-order valence-corrected chi connectivity index (χ4v) is 1.45. The predicted octanol–water partition coefficient (Wildman–Crippen LogP) is 3.42. The Morgan fingerprint density at radius 1 is 1.21 bits per heavy atom. The van der Waals surface area contributed by atoms with Crippen LogP contribution in [0.3, 0.4) is 0 Å². The van der Waals surface area contributed by atoms with Crippen molar-refractivity contribution >= 4 is 11.1 Å². The molecule has 0 aliphatic rings. The zero-order chi connectivity index (χ0) is 10.2. The van der Waals surface area contributed by atoms with Crippen LogP contribution in [0, 0.1) is 5.41 Å². The van der Waals surface area contributed by atoms with E-state index in [4.69, 9.17) is 4.42 Å². The molecule has 1 aromatic carbocycles. The van der Waals surface area contributed by atoms with Gasteiger partial charge in [0.2, 0.25) is 0 Å². The summed E-state index contributed by atoms with van der Waals surface area (Å²) in [7, 11) is 0. The van der Waals surface area contributed by atoms with Crippen LogP contribution in [0.2, 0.25) is 0 Å². The first-order chi connectivity index (χ1) is 6.54. The zero-order valence-electron chi connectivity index (χ0n) is 8.87. The van der Waals surface area contributed by atoms with Crippen molar-refractivity contribution < 1.29 is 4.42 Å². The van der Waals surface area contributed by atoms with Gasteiger partial charge in [0.1, 0.15) is 5.52 Å². The van der Waals surface area contributed by atoms with E-state index in [1.165, 1.54) is 0 Å². The van der Waals surface area contributed by atoms with E-state index in [1.54, 1.807) is 0 Å². The summed E-state index contributed by atoms with van der Waals surface area (Å²) in [5, 5.41) is 0. The van der Waals surface area contributed by atoms with Crippen molar-refractivity contribution in [2.75, 3.05) is 0 Å². The molecular weight excluding hydrogens is 174 g/mol. The lowest BCUT2D eigenvalue weighted by Crippen LogP contribution is -2.09. The predicted molar refractivity (Wildman–Crippen MR) is 57.2 cm³/mol. The van der Waals surface area contributed by atoms with Gasteiger partial charge < -0.3 is 4.42 Å². The Morgan fingerprint density at radius 3 is 2.57 bits per heavy atom. The highest BCUT2D eigenvalue weighted by Gasteiger charge is 2.15. The van der Waals surface area contributed by atoms with Gasteiger partial charge >= 0.3 is 0 Å². The van der Waals surface area contributed by atoms with Crippen LogP contribution in [0.4, 0.5) is 0 Å². The molecule has 0 aliphatic heterocycles. The summed E-state index contributed by atoms with van der Waals surface area (Å²) < 4.78 is 5.63. The molecule has 0 aliphatic carbocycles. The molecule has 0 atom stereocenters. The van der Waals surface area contributed by atoms with Crippen molar-refractivity contribution in [2.45, 2.75) is 27.2 Å². The third-order valence-electron chi connectivity index (χ3n) is 2.02. The number of rotatable bonds is 1. The van der Waals surface area contributed by atoms with Crippen LogP contribution in [0.1, 0.15) is 26.7 Å². The Labute approximate surface area is 84.0 Å². The van der Waals surface area contributed by atoms with Gasteiger partial charge in [0.15, 0.2) is 11.5 Å². The van der Waals surface area contributed by atoms with E-state index in [0.29, 0.717) is 0 Å². The minimum Gasteiger partial charge on any atom is -0.441 e. The number of nitrogens with zero attached hydrogens (tertiary/aromatic N) is 1. The quantitative estimate of drug-likeness (QED) is 0.687. The van der Waals surface area contributed by atoms with Gasteiger partial charge in [0.05, 0.1) is 0 Å². The van der Waals surface area contributed by atoms with E-state index in [-0.39, 0.29) is 5.41 Å². The lowest BCUT2D eigenvalue weighted by molar-refractivity contribution is 0.362. The molecule has 0 bridgehead atoms. The Balaban J connectivity index is 2.36. The molecule has 2 rings (SSSR count). The van der Waals surface area contributed by atoms with Gasteiger partial charge in [-0.15, -0.1) is 0 Å². The summed E-state index contributed by atoms with van der Waals surface area (Å²) in [5.74, 6) is 0.832. The normalized spacial score (nSPS) is 12.2. The summed E-state index contributed by atoms with van der Waals surface area (Å²) in [4.78, 5) is 4.43. The van der Waals surface area contributed by atoms with E-state index in [9.17, 15) is 0 Å². The minimum absolute atomic E-state index is 0.223. The maximum atomic E-state index is 5.63. The molecule has 1 aromatic heterocycles. The topological polar surface area (TPSA) is 26.0 Å². The molecule has 2 nitrogen and oxygen atoms in total. The van der Waals surface area contributed by atoms with Gasteiger partial charge in [-0.2, -0.15) is 0 Å². The first-order valence-corrected chi connectivity index (χ1v) is 4.89. The molecule has 1 heterocycles. The first-order valence-electron chi connectivity index (χ1n) is 4.89. The highest BCUT2D eigenvalue weighted by atomic mass is 16.3. The molecule has 0 unspecified atom stereocenters. The highest BCUT2D eigenvalue weighted by molar-refractivity contribution is 5.72. The van der Waals surface area contributed by atoms with Crippen LogP contribution in [-0.4, -0.2) is 4.98 Å². The molecule has 0 fully saturated rings. The average molecular weight is 189 g/mol. The summed E-state index contributed by atoms with van der Waals surface area (Å²) >= 11 is 0. The molecule has 0 radical (unpaired) electrons. The van der Waals surface area contributed by atoms with Gasteiger partial charge in [-0.25, -0.2) is 4.98 Å². The van der Waals surface area contributed by atoms with Crippen LogP contribution in [-0.2, 0) is 6.42 Å². The Hall–Kier alpha value is -1.31. The molecule has 2 heteroatoms. The number of fused-ring (bicyclic) bond motifs is 1. The van der Waals surface area contributed by atoms with Gasteiger partial charge in [-0.05, 0) is 17.5 Å². The van der Waals surface area contributed by atoms with E-state index < -0.39 is 0 Å². The fraction of sp³-hybridized carbons (Fsp3) is 0.417. The largest absolute Gasteiger partial charge is 0.441 e. The van der Waals surface area contributed by atoms with Crippen molar-refractivity contribution in [3.63, 3.8) is 0 Å². The Kier molecular flexibility index (Phi) is 2.06. The average Bonchev–Trinajstić information content (AvgIpc) is 2.42. The molecule has 2 aromatic rings. The third kappa shape index (κ3) is 1.95. The molecule has 0 amide bonds. The molecule has 0 N–H and O–H groups in total. The van der Waals surface area contributed by atoms with E-state index in [0.717, 1.165) is 23.4 Å². The zero-order valence-corrected chi connectivity index (χ0v) is 8.87. The van der Waals surface area contributed by atoms with Crippen LogP contribution < -0.4 is 0 Å². The number of benzene rings is 1. The number of hydrogen-bond acceptors (Lipinski definition) is 2. The maximum absolute atomic E-state index is 5.63. The molecule has 0 saturated heterocycles. The minimum atomic E-state index is 0.223. The maximum Gasteiger partial charge on any atom is 0.195 e. The van der Waals surface area contributed by atoms with Gasteiger partial charge in [0.25, 0.3) is 0 Å².